The average Bonchev–Trinajstić information content (AvgIpc) is 3.28. The number of hydrogen-bond donors (Lipinski definition) is 0. The van der Waals surface area contributed by atoms with Crippen molar-refractivity contribution in [1.29, 1.82) is 0 Å². The Hall–Kier alpha value is -4.12. The first-order chi connectivity index (χ1) is 17.4. The lowest BCUT2D eigenvalue weighted by molar-refractivity contribution is -0.159. The van der Waals surface area contributed by atoms with Crippen LogP contribution in [0.15, 0.2) is 75.9 Å². The Morgan fingerprint density at radius 1 is 1.00 bits per heavy atom. The highest BCUT2D eigenvalue weighted by molar-refractivity contribution is 8.14. The van der Waals surface area contributed by atoms with Crippen molar-refractivity contribution in [2.24, 2.45) is 4.99 Å². The number of benzene rings is 2. The molecule has 11 heteroatoms. The van der Waals surface area contributed by atoms with Crippen LogP contribution < -0.4 is 4.90 Å². The Balaban J connectivity index is 1.94. The lowest BCUT2D eigenvalue weighted by atomic mass is 10.0. The number of thioether (sulfide) groups is 1. The molecule has 1 unspecified atom stereocenters. The zero-order chi connectivity index (χ0) is 25.8. The summed E-state index contributed by atoms with van der Waals surface area (Å²) in [6, 6.07) is 14.8. The number of amidine groups is 1. The molecule has 2 aromatic rings. The van der Waals surface area contributed by atoms with Crippen molar-refractivity contribution in [3.63, 3.8) is 0 Å². The topological polar surface area (TPSA) is 115 Å². The van der Waals surface area contributed by atoms with E-state index in [0.29, 0.717) is 16.4 Å². The van der Waals surface area contributed by atoms with E-state index in [1.807, 2.05) is 12.1 Å². The lowest BCUT2D eigenvalue weighted by Crippen LogP contribution is -2.51. The van der Waals surface area contributed by atoms with Gasteiger partial charge < -0.3 is 19.1 Å². The fourth-order valence-corrected chi connectivity index (χ4v) is 4.94. The highest BCUT2D eigenvalue weighted by Gasteiger charge is 2.48. The molecule has 0 saturated carbocycles. The molecule has 36 heavy (non-hydrogen) atoms. The van der Waals surface area contributed by atoms with Crippen LogP contribution in [0.5, 0.6) is 0 Å². The Bertz CT molecular complexity index is 1280. The second-order valence-corrected chi connectivity index (χ2v) is 8.60. The van der Waals surface area contributed by atoms with Crippen molar-refractivity contribution in [2.75, 3.05) is 25.7 Å². The molecule has 2 aliphatic rings. The maximum atomic E-state index is 13.3. The van der Waals surface area contributed by atoms with Gasteiger partial charge in [-0.1, -0.05) is 42.5 Å². The molecular formula is C25H23N3O7S. The fourth-order valence-electron chi connectivity index (χ4n) is 3.89. The van der Waals surface area contributed by atoms with Gasteiger partial charge in [-0.3, -0.25) is 9.69 Å². The summed E-state index contributed by atoms with van der Waals surface area (Å²) in [5.74, 6) is -4.01. The van der Waals surface area contributed by atoms with Gasteiger partial charge in [-0.2, -0.15) is 0 Å². The van der Waals surface area contributed by atoms with E-state index >= 15 is 0 Å². The summed E-state index contributed by atoms with van der Waals surface area (Å²) >= 11 is 1.26. The van der Waals surface area contributed by atoms with Gasteiger partial charge in [0.25, 0.3) is 0 Å². The Kier molecular flexibility index (Phi) is 7.39. The summed E-state index contributed by atoms with van der Waals surface area (Å²) in [5.41, 5.74) is 1.06. The summed E-state index contributed by atoms with van der Waals surface area (Å²) in [5, 5.41) is 0.337. The average molecular weight is 510 g/mol. The van der Waals surface area contributed by atoms with Crippen molar-refractivity contribution < 1.29 is 33.4 Å². The van der Waals surface area contributed by atoms with Gasteiger partial charge in [-0.15, -0.1) is 0 Å². The molecule has 0 aliphatic carbocycles. The highest BCUT2D eigenvalue weighted by atomic mass is 32.2. The molecule has 0 bridgehead atoms. The maximum absolute atomic E-state index is 13.3. The Morgan fingerprint density at radius 3 is 2.36 bits per heavy atom. The zero-order valence-electron chi connectivity index (χ0n) is 19.8. The van der Waals surface area contributed by atoms with E-state index in [1.54, 1.807) is 54.3 Å². The number of anilines is 1. The third kappa shape index (κ3) is 4.57. The second-order valence-electron chi connectivity index (χ2n) is 7.59. The molecule has 2 aromatic carbocycles. The van der Waals surface area contributed by atoms with Crippen molar-refractivity contribution in [3.8, 4) is 0 Å². The van der Waals surface area contributed by atoms with Crippen LogP contribution in [0.4, 0.5) is 5.69 Å². The van der Waals surface area contributed by atoms with Crippen LogP contribution in [-0.4, -0.2) is 60.8 Å². The van der Waals surface area contributed by atoms with E-state index in [2.05, 4.69) is 4.99 Å². The molecular weight excluding hydrogens is 486 g/mol. The third-order valence-electron chi connectivity index (χ3n) is 5.47. The number of amides is 1. The minimum atomic E-state index is -1.31. The largest absolute Gasteiger partial charge is 0.467 e. The molecule has 0 fully saturated rings. The van der Waals surface area contributed by atoms with E-state index in [1.165, 1.54) is 18.9 Å². The predicted octanol–water partition coefficient (Wildman–Crippen LogP) is 2.49. The van der Waals surface area contributed by atoms with Gasteiger partial charge in [0.2, 0.25) is 0 Å². The summed E-state index contributed by atoms with van der Waals surface area (Å²) in [7, 11) is 2.35. The molecule has 186 valence electrons. The SMILES string of the molecule is CCOC(=O)C(=O)N(Cc1ccccc1)C1=C(C(=O)OC)C(C(=O)OC)N2C(=N1)Sc1ccccc12. The number of aliphatic imine (C=N–C) groups is 1. The maximum Gasteiger partial charge on any atom is 0.397 e. The lowest BCUT2D eigenvalue weighted by Gasteiger charge is -2.35. The monoisotopic (exact) mass is 509 g/mol. The van der Waals surface area contributed by atoms with Crippen LogP contribution >= 0.6 is 11.8 Å². The van der Waals surface area contributed by atoms with Gasteiger partial charge in [0.15, 0.2) is 17.0 Å². The Morgan fingerprint density at radius 2 is 1.69 bits per heavy atom. The molecule has 0 aromatic heterocycles. The molecule has 2 heterocycles. The van der Waals surface area contributed by atoms with Gasteiger partial charge >= 0.3 is 23.8 Å². The number of carbonyl (C=O) groups is 4. The molecule has 1 atom stereocenters. The number of nitrogens with zero attached hydrogens (tertiary/aromatic N) is 3. The van der Waals surface area contributed by atoms with E-state index < -0.39 is 29.9 Å². The van der Waals surface area contributed by atoms with Crippen molar-refractivity contribution >= 4 is 46.4 Å². The minimum Gasteiger partial charge on any atom is -0.467 e. The highest BCUT2D eigenvalue weighted by Crippen LogP contribution is 2.46. The van der Waals surface area contributed by atoms with Crippen LogP contribution in [-0.2, 0) is 39.9 Å². The number of para-hydroxylation sites is 1. The third-order valence-corrected chi connectivity index (χ3v) is 6.51. The van der Waals surface area contributed by atoms with E-state index in [-0.39, 0.29) is 24.5 Å². The van der Waals surface area contributed by atoms with Gasteiger partial charge in [0.05, 0.1) is 33.1 Å². The summed E-state index contributed by atoms with van der Waals surface area (Å²) in [6.07, 6.45) is 0. The van der Waals surface area contributed by atoms with E-state index in [4.69, 9.17) is 14.2 Å². The van der Waals surface area contributed by atoms with Crippen LogP contribution in [0.2, 0.25) is 0 Å². The number of hydrogen-bond acceptors (Lipinski definition) is 10. The zero-order valence-corrected chi connectivity index (χ0v) is 20.6. The predicted molar refractivity (Wildman–Crippen MR) is 131 cm³/mol. The first kappa shape index (κ1) is 25.0. The number of ether oxygens (including phenoxy) is 3. The molecule has 0 saturated heterocycles. The number of methoxy groups -OCH3 is 2. The summed E-state index contributed by atoms with van der Waals surface area (Å²) in [6.45, 7) is 1.44. The Labute approximate surface area is 211 Å². The van der Waals surface area contributed by atoms with Crippen LogP contribution in [0.25, 0.3) is 0 Å². The molecule has 0 radical (unpaired) electrons. The number of rotatable bonds is 6. The van der Waals surface area contributed by atoms with Gasteiger partial charge in [-0.25, -0.2) is 19.4 Å². The first-order valence-electron chi connectivity index (χ1n) is 11.0. The molecule has 0 N–H and O–H groups in total. The molecule has 4 rings (SSSR count). The first-order valence-corrected chi connectivity index (χ1v) is 11.8. The normalized spacial score (nSPS) is 15.9. The minimum absolute atomic E-state index is 0.0229. The van der Waals surface area contributed by atoms with Crippen LogP contribution in [0.3, 0.4) is 0 Å². The van der Waals surface area contributed by atoms with Gasteiger partial charge in [0.1, 0.15) is 5.57 Å². The second kappa shape index (κ2) is 10.6. The van der Waals surface area contributed by atoms with Crippen molar-refractivity contribution in [1.82, 2.24) is 4.90 Å². The number of esters is 3. The van der Waals surface area contributed by atoms with Crippen LogP contribution in [0.1, 0.15) is 12.5 Å². The van der Waals surface area contributed by atoms with Crippen molar-refractivity contribution in [3.05, 3.63) is 71.6 Å². The summed E-state index contributed by atoms with van der Waals surface area (Å²) in [4.78, 5) is 60.1. The standard InChI is InChI=1S/C25H23N3O7S/c1-4-35-24(32)21(29)27(14-15-10-6-5-7-11-15)20-18(22(30)33-2)19(23(31)34-3)28-16-12-8-9-13-17(16)36-25(28)26-20/h5-13,19H,4,14H2,1-3H3. The van der Waals surface area contributed by atoms with E-state index in [0.717, 1.165) is 16.9 Å². The molecule has 2 aliphatic heterocycles. The summed E-state index contributed by atoms with van der Waals surface area (Å²) < 4.78 is 15.0. The fraction of sp³-hybridized carbons (Fsp3) is 0.240. The smallest absolute Gasteiger partial charge is 0.397 e. The molecule has 1 amide bonds. The van der Waals surface area contributed by atoms with Gasteiger partial charge in [0, 0.05) is 4.90 Å². The van der Waals surface area contributed by atoms with Crippen molar-refractivity contribution in [2.45, 2.75) is 24.4 Å². The van der Waals surface area contributed by atoms with Gasteiger partial charge in [-0.05, 0) is 36.4 Å². The van der Waals surface area contributed by atoms with E-state index in [9.17, 15) is 19.2 Å². The number of carbonyl (C=O) groups excluding carboxylic acids is 4. The molecule has 10 nitrogen and oxygen atoms in total. The molecule has 0 spiro atoms. The quantitative estimate of drug-likeness (QED) is 0.329. The van der Waals surface area contributed by atoms with Crippen LogP contribution in [0, 0.1) is 0 Å². The number of fused-ring (bicyclic) bond motifs is 3.